The standard InChI is InChI=1S/C13H15N3O3/c1-7-11-9(13(18)19)6-10(8-2-3-8)14-12(11)16(15-7)4-5-17/h6,8,17H,2-5H2,1H3,(H,18,19). The molecule has 0 saturated heterocycles. The molecule has 0 bridgehead atoms. The van der Waals surface area contributed by atoms with Crippen molar-refractivity contribution in [3.63, 3.8) is 0 Å². The molecule has 100 valence electrons. The van der Waals surface area contributed by atoms with E-state index in [9.17, 15) is 9.90 Å². The van der Waals surface area contributed by atoms with Crippen LogP contribution >= 0.6 is 0 Å². The van der Waals surface area contributed by atoms with E-state index in [0.29, 0.717) is 29.2 Å². The van der Waals surface area contributed by atoms with Gasteiger partial charge in [0.05, 0.1) is 29.8 Å². The highest BCUT2D eigenvalue weighted by atomic mass is 16.4. The molecule has 0 aromatic carbocycles. The van der Waals surface area contributed by atoms with Gasteiger partial charge in [-0.05, 0) is 25.8 Å². The highest BCUT2D eigenvalue weighted by molar-refractivity contribution is 6.03. The van der Waals surface area contributed by atoms with Gasteiger partial charge in [0.1, 0.15) is 0 Å². The van der Waals surface area contributed by atoms with Crippen LogP contribution in [0.1, 0.15) is 40.5 Å². The van der Waals surface area contributed by atoms with E-state index >= 15 is 0 Å². The van der Waals surface area contributed by atoms with Gasteiger partial charge in [0.25, 0.3) is 0 Å². The van der Waals surface area contributed by atoms with E-state index in [1.54, 1.807) is 17.7 Å². The molecule has 2 heterocycles. The fourth-order valence-electron chi connectivity index (χ4n) is 2.38. The van der Waals surface area contributed by atoms with Gasteiger partial charge in [-0.25, -0.2) is 14.5 Å². The van der Waals surface area contributed by atoms with Crippen molar-refractivity contribution in [1.82, 2.24) is 14.8 Å². The summed E-state index contributed by atoms with van der Waals surface area (Å²) in [4.78, 5) is 16.0. The van der Waals surface area contributed by atoms with E-state index in [4.69, 9.17) is 5.11 Å². The zero-order valence-electron chi connectivity index (χ0n) is 10.6. The monoisotopic (exact) mass is 261 g/mol. The molecule has 1 fully saturated rings. The molecule has 0 unspecified atom stereocenters. The second kappa shape index (κ2) is 4.31. The van der Waals surface area contributed by atoms with Crippen LogP contribution in [0.5, 0.6) is 0 Å². The summed E-state index contributed by atoms with van der Waals surface area (Å²) in [5.41, 5.74) is 2.28. The Labute approximate surface area is 109 Å². The van der Waals surface area contributed by atoms with Crippen molar-refractivity contribution in [2.45, 2.75) is 32.2 Å². The van der Waals surface area contributed by atoms with Gasteiger partial charge in [-0.1, -0.05) is 0 Å². The van der Waals surface area contributed by atoms with Crippen molar-refractivity contribution in [2.75, 3.05) is 6.61 Å². The molecule has 1 aliphatic carbocycles. The van der Waals surface area contributed by atoms with Gasteiger partial charge in [-0.2, -0.15) is 5.10 Å². The summed E-state index contributed by atoms with van der Waals surface area (Å²) in [5, 5.41) is 23.3. The minimum Gasteiger partial charge on any atom is -0.478 e. The largest absolute Gasteiger partial charge is 0.478 e. The quantitative estimate of drug-likeness (QED) is 0.866. The molecule has 1 aliphatic rings. The van der Waals surface area contributed by atoms with Gasteiger partial charge in [-0.15, -0.1) is 0 Å². The first-order valence-electron chi connectivity index (χ1n) is 6.34. The van der Waals surface area contributed by atoms with Crippen molar-refractivity contribution >= 4 is 17.0 Å². The number of aromatic nitrogens is 3. The first-order chi connectivity index (χ1) is 9.11. The van der Waals surface area contributed by atoms with E-state index in [2.05, 4.69) is 10.1 Å². The first kappa shape index (κ1) is 12.1. The van der Waals surface area contributed by atoms with Crippen LogP contribution in [0.2, 0.25) is 0 Å². The molecule has 3 rings (SSSR count). The number of aryl methyl sites for hydroxylation is 1. The van der Waals surface area contributed by atoms with Gasteiger partial charge in [-0.3, -0.25) is 0 Å². The Morgan fingerprint density at radius 3 is 2.84 bits per heavy atom. The molecule has 0 aliphatic heterocycles. The average molecular weight is 261 g/mol. The number of pyridine rings is 1. The predicted molar refractivity (Wildman–Crippen MR) is 68.3 cm³/mol. The van der Waals surface area contributed by atoms with Crippen LogP contribution in [-0.4, -0.2) is 37.6 Å². The molecule has 0 amide bonds. The maximum atomic E-state index is 11.4. The third kappa shape index (κ3) is 1.98. The lowest BCUT2D eigenvalue weighted by Gasteiger charge is -2.05. The summed E-state index contributed by atoms with van der Waals surface area (Å²) < 4.78 is 1.59. The van der Waals surface area contributed by atoms with E-state index in [1.807, 2.05) is 0 Å². The third-order valence-electron chi connectivity index (χ3n) is 3.44. The lowest BCUT2D eigenvalue weighted by Crippen LogP contribution is -2.07. The summed E-state index contributed by atoms with van der Waals surface area (Å²) in [6, 6.07) is 1.67. The van der Waals surface area contributed by atoms with Crippen molar-refractivity contribution in [3.05, 3.63) is 23.0 Å². The van der Waals surface area contributed by atoms with Gasteiger partial charge in [0.15, 0.2) is 5.65 Å². The Morgan fingerprint density at radius 1 is 1.53 bits per heavy atom. The summed E-state index contributed by atoms with van der Waals surface area (Å²) in [6.45, 7) is 2.04. The van der Waals surface area contributed by atoms with Crippen molar-refractivity contribution < 1.29 is 15.0 Å². The Hall–Kier alpha value is -1.95. The number of carboxylic acid groups (broad SMARTS) is 1. The number of aliphatic hydroxyl groups is 1. The SMILES string of the molecule is Cc1nn(CCO)c2nc(C3CC3)cc(C(=O)O)c12. The van der Waals surface area contributed by atoms with Crippen LogP contribution in [0, 0.1) is 6.92 Å². The molecule has 0 radical (unpaired) electrons. The maximum absolute atomic E-state index is 11.4. The maximum Gasteiger partial charge on any atom is 0.336 e. The zero-order chi connectivity index (χ0) is 13.6. The van der Waals surface area contributed by atoms with Crippen LogP contribution in [0.15, 0.2) is 6.07 Å². The number of hydrogen-bond acceptors (Lipinski definition) is 4. The first-order valence-corrected chi connectivity index (χ1v) is 6.34. The molecule has 19 heavy (non-hydrogen) atoms. The summed E-state index contributed by atoms with van der Waals surface area (Å²) in [6.07, 6.45) is 2.12. The second-order valence-electron chi connectivity index (χ2n) is 4.90. The highest BCUT2D eigenvalue weighted by Crippen LogP contribution is 2.40. The number of fused-ring (bicyclic) bond motifs is 1. The van der Waals surface area contributed by atoms with Gasteiger partial charge in [0.2, 0.25) is 0 Å². The minimum absolute atomic E-state index is 0.0477. The molecule has 2 aromatic heterocycles. The molecule has 6 nitrogen and oxygen atoms in total. The predicted octanol–water partition coefficient (Wildman–Crippen LogP) is 1.31. The minimum atomic E-state index is -0.957. The normalized spacial score (nSPS) is 15.1. The molecule has 6 heteroatoms. The van der Waals surface area contributed by atoms with Crippen molar-refractivity contribution in [2.24, 2.45) is 0 Å². The molecule has 0 atom stereocenters. The fourth-order valence-corrected chi connectivity index (χ4v) is 2.38. The highest BCUT2D eigenvalue weighted by Gasteiger charge is 2.28. The van der Waals surface area contributed by atoms with E-state index < -0.39 is 5.97 Å². The van der Waals surface area contributed by atoms with Gasteiger partial charge < -0.3 is 10.2 Å². The number of carbonyl (C=O) groups is 1. The number of carboxylic acids is 1. The molecular formula is C13H15N3O3. The lowest BCUT2D eigenvalue weighted by molar-refractivity contribution is 0.0698. The molecule has 2 aromatic rings. The Bertz CT molecular complexity index is 659. The van der Waals surface area contributed by atoms with Gasteiger partial charge in [0, 0.05) is 11.6 Å². The van der Waals surface area contributed by atoms with Crippen LogP contribution in [0.4, 0.5) is 0 Å². The lowest BCUT2D eigenvalue weighted by atomic mass is 10.1. The van der Waals surface area contributed by atoms with Gasteiger partial charge >= 0.3 is 5.97 Å². The van der Waals surface area contributed by atoms with Crippen molar-refractivity contribution in [1.29, 1.82) is 0 Å². The second-order valence-corrected chi connectivity index (χ2v) is 4.90. The van der Waals surface area contributed by atoms with E-state index in [0.717, 1.165) is 18.5 Å². The number of rotatable bonds is 4. The third-order valence-corrected chi connectivity index (χ3v) is 3.44. The Kier molecular flexibility index (Phi) is 2.74. The number of aromatic carboxylic acids is 1. The van der Waals surface area contributed by atoms with E-state index in [-0.39, 0.29) is 12.2 Å². The number of nitrogens with zero attached hydrogens (tertiary/aromatic N) is 3. The number of hydrogen-bond donors (Lipinski definition) is 2. The number of aliphatic hydroxyl groups excluding tert-OH is 1. The topological polar surface area (TPSA) is 88.2 Å². The molecule has 2 N–H and O–H groups in total. The average Bonchev–Trinajstić information content (AvgIpc) is 3.16. The smallest absolute Gasteiger partial charge is 0.336 e. The zero-order valence-corrected chi connectivity index (χ0v) is 10.6. The van der Waals surface area contributed by atoms with Crippen molar-refractivity contribution in [3.8, 4) is 0 Å². The van der Waals surface area contributed by atoms with Crippen LogP contribution < -0.4 is 0 Å². The molecule has 0 spiro atoms. The summed E-state index contributed by atoms with van der Waals surface area (Å²) >= 11 is 0. The van der Waals surface area contributed by atoms with E-state index in [1.165, 1.54) is 0 Å². The summed E-state index contributed by atoms with van der Waals surface area (Å²) in [7, 11) is 0. The van der Waals surface area contributed by atoms with Crippen LogP contribution in [0.25, 0.3) is 11.0 Å². The Balaban J connectivity index is 2.28. The van der Waals surface area contributed by atoms with Crippen LogP contribution in [-0.2, 0) is 6.54 Å². The molecule has 1 saturated carbocycles. The summed E-state index contributed by atoms with van der Waals surface area (Å²) in [5.74, 6) is -0.582. The van der Waals surface area contributed by atoms with Crippen LogP contribution in [0.3, 0.4) is 0 Å². The fraction of sp³-hybridized carbons (Fsp3) is 0.462. The molecular weight excluding hydrogens is 246 g/mol. The Morgan fingerprint density at radius 2 is 2.26 bits per heavy atom.